The van der Waals surface area contributed by atoms with Crippen LogP contribution in [0.5, 0.6) is 17.2 Å². The van der Waals surface area contributed by atoms with Gasteiger partial charge in [0, 0.05) is 11.3 Å². The molecule has 0 atom stereocenters. The van der Waals surface area contributed by atoms with Crippen molar-refractivity contribution < 1.29 is 28.9 Å². The molecule has 0 saturated carbocycles. The molecule has 0 aliphatic heterocycles. The number of rotatable bonds is 9. The van der Waals surface area contributed by atoms with E-state index < -0.39 is 18.5 Å². The summed E-state index contributed by atoms with van der Waals surface area (Å²) in [5, 5.41) is 21.0. The summed E-state index contributed by atoms with van der Waals surface area (Å²) in [5.74, 6) is -0.697. The van der Waals surface area contributed by atoms with E-state index in [2.05, 4.69) is 5.32 Å². The molecular formula is C21H20N2O6. The Morgan fingerprint density at radius 3 is 2.48 bits per heavy atom. The first-order chi connectivity index (χ1) is 14.0. The van der Waals surface area contributed by atoms with Crippen molar-refractivity contribution in [2.45, 2.75) is 6.92 Å². The maximum Gasteiger partial charge on any atom is 0.341 e. The highest BCUT2D eigenvalue weighted by Gasteiger charge is 2.15. The molecular weight excluding hydrogens is 376 g/mol. The van der Waals surface area contributed by atoms with Crippen molar-refractivity contribution in [1.29, 1.82) is 5.26 Å². The summed E-state index contributed by atoms with van der Waals surface area (Å²) in [7, 11) is 1.53. The lowest BCUT2D eigenvalue weighted by Gasteiger charge is -2.13. The number of nitrogens with zero attached hydrogens (tertiary/aromatic N) is 1. The lowest BCUT2D eigenvalue weighted by atomic mass is 10.1. The van der Waals surface area contributed by atoms with Crippen molar-refractivity contribution in [3.63, 3.8) is 0 Å². The number of carboxylic acid groups (broad SMARTS) is 1. The maximum atomic E-state index is 12.5. The van der Waals surface area contributed by atoms with E-state index in [9.17, 15) is 14.9 Å². The third-order valence-electron chi connectivity index (χ3n) is 3.66. The van der Waals surface area contributed by atoms with E-state index in [1.54, 1.807) is 49.4 Å². The van der Waals surface area contributed by atoms with Crippen molar-refractivity contribution in [1.82, 2.24) is 0 Å². The zero-order valence-electron chi connectivity index (χ0n) is 16.0. The van der Waals surface area contributed by atoms with Crippen molar-refractivity contribution in [2.75, 3.05) is 25.6 Å². The third kappa shape index (κ3) is 6.01. The van der Waals surface area contributed by atoms with Crippen molar-refractivity contribution in [2.24, 2.45) is 0 Å². The van der Waals surface area contributed by atoms with E-state index in [4.69, 9.17) is 19.3 Å². The average Bonchev–Trinajstić information content (AvgIpc) is 2.71. The van der Waals surface area contributed by atoms with Crippen LogP contribution in [0.2, 0.25) is 0 Å². The van der Waals surface area contributed by atoms with E-state index in [-0.39, 0.29) is 11.3 Å². The molecule has 0 unspecified atom stereocenters. The molecule has 2 aromatic carbocycles. The van der Waals surface area contributed by atoms with Gasteiger partial charge in [0.05, 0.1) is 13.7 Å². The van der Waals surface area contributed by atoms with Crippen LogP contribution < -0.4 is 19.5 Å². The minimum atomic E-state index is -1.16. The molecule has 2 N–H and O–H groups in total. The molecule has 0 bridgehead atoms. The summed E-state index contributed by atoms with van der Waals surface area (Å²) < 4.78 is 15.8. The maximum absolute atomic E-state index is 12.5. The molecule has 0 aliphatic carbocycles. The number of anilines is 1. The van der Waals surface area contributed by atoms with Gasteiger partial charge in [-0.15, -0.1) is 0 Å². The highest BCUT2D eigenvalue weighted by Crippen LogP contribution is 2.33. The molecule has 1 amide bonds. The Bertz CT molecular complexity index is 945. The Labute approximate surface area is 167 Å². The van der Waals surface area contributed by atoms with Gasteiger partial charge < -0.3 is 24.6 Å². The van der Waals surface area contributed by atoms with E-state index in [1.807, 2.05) is 6.07 Å². The second-order valence-corrected chi connectivity index (χ2v) is 5.64. The molecule has 0 saturated heterocycles. The van der Waals surface area contributed by atoms with Gasteiger partial charge in [-0.2, -0.15) is 5.26 Å². The van der Waals surface area contributed by atoms with Crippen LogP contribution in [0.4, 0.5) is 5.69 Å². The minimum absolute atomic E-state index is 0.141. The first-order valence-corrected chi connectivity index (χ1v) is 8.66. The number of aliphatic carboxylic acids is 1. The Hall–Kier alpha value is -3.99. The molecule has 29 heavy (non-hydrogen) atoms. The summed E-state index contributed by atoms with van der Waals surface area (Å²) in [4.78, 5) is 23.4. The Morgan fingerprint density at radius 1 is 1.17 bits per heavy atom. The molecule has 2 aromatic rings. The zero-order valence-corrected chi connectivity index (χ0v) is 16.0. The molecule has 150 valence electrons. The number of nitrogens with one attached hydrogen (secondary N) is 1. The number of carboxylic acids is 1. The molecule has 0 spiro atoms. The summed E-state index contributed by atoms with van der Waals surface area (Å²) in [6.07, 6.45) is 1.32. The van der Waals surface area contributed by atoms with Gasteiger partial charge >= 0.3 is 5.97 Å². The van der Waals surface area contributed by atoms with Crippen LogP contribution in [0.1, 0.15) is 12.5 Å². The normalized spacial score (nSPS) is 10.6. The topological polar surface area (TPSA) is 118 Å². The number of nitriles is 1. The van der Waals surface area contributed by atoms with E-state index in [1.165, 1.54) is 13.2 Å². The van der Waals surface area contributed by atoms with E-state index in [0.29, 0.717) is 29.4 Å². The highest BCUT2D eigenvalue weighted by molar-refractivity contribution is 6.09. The van der Waals surface area contributed by atoms with Gasteiger partial charge in [-0.1, -0.05) is 12.1 Å². The van der Waals surface area contributed by atoms with Crippen molar-refractivity contribution in [3.8, 4) is 23.3 Å². The van der Waals surface area contributed by atoms with Gasteiger partial charge in [0.15, 0.2) is 18.1 Å². The summed E-state index contributed by atoms with van der Waals surface area (Å²) in [6, 6.07) is 13.3. The summed E-state index contributed by atoms with van der Waals surface area (Å²) in [6.45, 7) is 1.51. The smallest absolute Gasteiger partial charge is 0.341 e. The second-order valence-electron chi connectivity index (χ2n) is 5.64. The number of hydrogen-bond donors (Lipinski definition) is 2. The predicted molar refractivity (Wildman–Crippen MR) is 106 cm³/mol. The largest absolute Gasteiger partial charge is 0.497 e. The van der Waals surface area contributed by atoms with Gasteiger partial charge in [-0.05, 0) is 43.3 Å². The molecule has 0 radical (unpaired) electrons. The standard InChI is InChI=1S/C21H20N2O6/c1-3-28-18-6-4-5-14(20(18)29-13-19(24)25)11-15(12-22)21(26)23-16-7-9-17(27-2)10-8-16/h4-11H,3,13H2,1-2H3,(H,23,26)(H,24,25)/b15-11-. The highest BCUT2D eigenvalue weighted by atomic mass is 16.5. The zero-order chi connectivity index (χ0) is 21.2. The van der Waals surface area contributed by atoms with Crippen molar-refractivity contribution >= 4 is 23.6 Å². The van der Waals surface area contributed by atoms with Crippen LogP contribution in [0.15, 0.2) is 48.0 Å². The monoisotopic (exact) mass is 396 g/mol. The van der Waals surface area contributed by atoms with Crippen LogP contribution in [0, 0.1) is 11.3 Å². The van der Waals surface area contributed by atoms with Crippen molar-refractivity contribution in [3.05, 3.63) is 53.6 Å². The number of ether oxygens (including phenoxy) is 3. The summed E-state index contributed by atoms with van der Waals surface area (Å²) >= 11 is 0. The van der Waals surface area contributed by atoms with Crippen LogP contribution in [0.3, 0.4) is 0 Å². The fourth-order valence-corrected chi connectivity index (χ4v) is 2.38. The SMILES string of the molecule is CCOc1cccc(/C=C(/C#N)C(=O)Nc2ccc(OC)cc2)c1OCC(=O)O. The Morgan fingerprint density at radius 2 is 1.90 bits per heavy atom. The number of hydrogen-bond acceptors (Lipinski definition) is 6. The number of amides is 1. The lowest BCUT2D eigenvalue weighted by molar-refractivity contribution is -0.139. The Kier molecular flexibility index (Phi) is 7.62. The second kappa shape index (κ2) is 10.4. The van der Waals surface area contributed by atoms with Crippen LogP contribution >= 0.6 is 0 Å². The Balaban J connectivity index is 2.32. The first-order valence-electron chi connectivity index (χ1n) is 8.66. The predicted octanol–water partition coefficient (Wildman–Crippen LogP) is 3.10. The molecule has 8 heteroatoms. The van der Waals surface area contributed by atoms with Gasteiger partial charge in [0.1, 0.15) is 17.4 Å². The molecule has 0 heterocycles. The van der Waals surface area contributed by atoms with Crippen LogP contribution in [0.25, 0.3) is 6.08 Å². The fourth-order valence-electron chi connectivity index (χ4n) is 2.38. The van der Waals surface area contributed by atoms with Gasteiger partial charge in [0.25, 0.3) is 5.91 Å². The quantitative estimate of drug-likeness (QED) is 0.494. The fraction of sp³-hybridized carbons (Fsp3) is 0.190. The number of carbonyl (C=O) groups excluding carboxylic acids is 1. The molecule has 0 aliphatic rings. The van der Waals surface area contributed by atoms with Gasteiger partial charge in [-0.25, -0.2) is 4.79 Å². The number of para-hydroxylation sites is 1. The van der Waals surface area contributed by atoms with E-state index in [0.717, 1.165) is 0 Å². The summed E-state index contributed by atoms with van der Waals surface area (Å²) in [5.41, 5.74) is 0.649. The lowest BCUT2D eigenvalue weighted by Crippen LogP contribution is -2.14. The average molecular weight is 396 g/mol. The molecule has 0 aromatic heterocycles. The molecule has 2 rings (SSSR count). The number of methoxy groups -OCH3 is 1. The van der Waals surface area contributed by atoms with Gasteiger partial charge in [0.2, 0.25) is 0 Å². The van der Waals surface area contributed by atoms with Crippen LogP contribution in [-0.4, -0.2) is 37.3 Å². The molecule has 8 nitrogen and oxygen atoms in total. The van der Waals surface area contributed by atoms with E-state index >= 15 is 0 Å². The molecule has 0 fully saturated rings. The number of carbonyl (C=O) groups is 2. The third-order valence-corrected chi connectivity index (χ3v) is 3.66. The first kappa shape index (κ1) is 21.3. The number of benzene rings is 2. The van der Waals surface area contributed by atoms with Gasteiger partial charge in [-0.3, -0.25) is 4.79 Å². The van der Waals surface area contributed by atoms with Crippen LogP contribution in [-0.2, 0) is 9.59 Å². The minimum Gasteiger partial charge on any atom is -0.497 e.